The molecule has 0 N–H and O–H groups in total. The van der Waals surface area contributed by atoms with E-state index >= 15 is 0 Å². The van der Waals surface area contributed by atoms with Crippen molar-refractivity contribution in [3.63, 3.8) is 0 Å². The first-order chi connectivity index (χ1) is 7.27. The maximum Gasteiger partial charge on any atom is 0.163 e. The van der Waals surface area contributed by atoms with Gasteiger partial charge in [0.2, 0.25) is 0 Å². The minimum atomic E-state index is -0.0232. The van der Waals surface area contributed by atoms with Crippen molar-refractivity contribution in [1.29, 1.82) is 0 Å². The van der Waals surface area contributed by atoms with Crippen molar-refractivity contribution in [3.05, 3.63) is 53.9 Å². The molecule has 1 unspecified atom stereocenters. The smallest absolute Gasteiger partial charge is 0.163 e. The van der Waals surface area contributed by atoms with Gasteiger partial charge in [-0.3, -0.25) is 9.78 Å². The Morgan fingerprint density at radius 2 is 2.27 bits per heavy atom. The lowest BCUT2D eigenvalue weighted by molar-refractivity contribution is -0.117. The van der Waals surface area contributed by atoms with Gasteiger partial charge < -0.3 is 0 Å². The molecule has 15 heavy (non-hydrogen) atoms. The normalized spacial score (nSPS) is 20.2. The summed E-state index contributed by atoms with van der Waals surface area (Å²) in [5, 5.41) is 0. The largest absolute Gasteiger partial charge is 0.294 e. The summed E-state index contributed by atoms with van der Waals surface area (Å²) in [6, 6.07) is 5.79. The molecule has 0 aromatic carbocycles. The summed E-state index contributed by atoms with van der Waals surface area (Å²) in [6.07, 6.45) is 7.91. The fourth-order valence-electron chi connectivity index (χ4n) is 1.74. The summed E-state index contributed by atoms with van der Waals surface area (Å²) >= 11 is 0. The molecular weight excluding hydrogens is 186 g/mol. The predicted molar refractivity (Wildman–Crippen MR) is 59.3 cm³/mol. The Morgan fingerprint density at radius 3 is 2.93 bits per heavy atom. The lowest BCUT2D eigenvalue weighted by Gasteiger charge is -2.16. The second-order valence-electron chi connectivity index (χ2n) is 3.75. The Morgan fingerprint density at radius 1 is 1.40 bits per heavy atom. The van der Waals surface area contributed by atoms with Crippen LogP contribution in [0.1, 0.15) is 12.6 Å². The second kappa shape index (κ2) is 4.22. The molecule has 0 amide bonds. The Balaban J connectivity index is 2.16. The molecule has 1 atom stereocenters. The van der Waals surface area contributed by atoms with Crippen molar-refractivity contribution >= 4 is 5.78 Å². The number of hydrogen-bond acceptors (Lipinski definition) is 2. The molecule has 1 aliphatic carbocycles. The summed E-state index contributed by atoms with van der Waals surface area (Å²) in [7, 11) is 0. The molecule has 76 valence electrons. The predicted octanol–water partition coefficient (Wildman–Crippen LogP) is 2.33. The van der Waals surface area contributed by atoms with Gasteiger partial charge in [-0.2, -0.15) is 0 Å². The van der Waals surface area contributed by atoms with E-state index in [4.69, 9.17) is 0 Å². The van der Waals surface area contributed by atoms with Crippen molar-refractivity contribution < 1.29 is 4.79 Å². The molecule has 1 aromatic rings. The van der Waals surface area contributed by atoms with Crippen LogP contribution in [-0.4, -0.2) is 10.8 Å². The van der Waals surface area contributed by atoms with Crippen LogP contribution >= 0.6 is 0 Å². The molecule has 0 spiro atoms. The number of carbonyl (C=O) groups excluding carboxylic acids is 1. The van der Waals surface area contributed by atoms with Crippen LogP contribution in [0, 0.1) is 5.92 Å². The number of allylic oxidation sites excluding steroid dienone is 4. The zero-order valence-corrected chi connectivity index (χ0v) is 8.68. The number of nitrogens with zero attached hydrogens (tertiary/aromatic N) is 1. The van der Waals surface area contributed by atoms with Gasteiger partial charge in [0.15, 0.2) is 5.78 Å². The van der Waals surface area contributed by atoms with Gasteiger partial charge in [-0.25, -0.2) is 0 Å². The van der Waals surface area contributed by atoms with Crippen molar-refractivity contribution in [3.8, 4) is 0 Å². The highest BCUT2D eigenvalue weighted by atomic mass is 16.1. The third-order valence-corrected chi connectivity index (χ3v) is 2.65. The average Bonchev–Trinajstić information content (AvgIpc) is 2.25. The van der Waals surface area contributed by atoms with Gasteiger partial charge in [-0.15, -0.1) is 0 Å². The maximum absolute atomic E-state index is 11.7. The minimum Gasteiger partial charge on any atom is -0.294 e. The van der Waals surface area contributed by atoms with E-state index in [9.17, 15) is 4.79 Å². The Bertz CT molecular complexity index is 417. The molecule has 1 aromatic heterocycles. The van der Waals surface area contributed by atoms with Crippen LogP contribution in [0.4, 0.5) is 0 Å². The number of hydrogen-bond donors (Lipinski definition) is 0. The first-order valence-corrected chi connectivity index (χ1v) is 5.06. The number of aromatic nitrogens is 1. The Labute approximate surface area is 89.3 Å². The number of carbonyl (C=O) groups is 1. The molecule has 2 rings (SSSR count). The molecule has 0 aliphatic heterocycles. The van der Waals surface area contributed by atoms with E-state index in [0.29, 0.717) is 6.42 Å². The summed E-state index contributed by atoms with van der Waals surface area (Å²) in [6.45, 7) is 2.00. The van der Waals surface area contributed by atoms with Crippen molar-refractivity contribution in [2.24, 2.45) is 5.92 Å². The lowest BCUT2D eigenvalue weighted by Crippen LogP contribution is -2.18. The standard InChI is InChI=1S/C13H13NO/c1-10-5-4-7-13(15)12(10)9-11-6-2-3-8-14-11/h2-8,12H,9H2,1H3. The summed E-state index contributed by atoms with van der Waals surface area (Å²) in [4.78, 5) is 15.9. The third-order valence-electron chi connectivity index (χ3n) is 2.65. The van der Waals surface area contributed by atoms with E-state index in [2.05, 4.69) is 4.98 Å². The molecule has 2 heteroatoms. The van der Waals surface area contributed by atoms with Crippen LogP contribution in [0.5, 0.6) is 0 Å². The number of rotatable bonds is 2. The molecule has 0 fully saturated rings. The zero-order valence-electron chi connectivity index (χ0n) is 8.68. The Hall–Kier alpha value is -1.70. The zero-order chi connectivity index (χ0) is 10.7. The van der Waals surface area contributed by atoms with Crippen LogP contribution in [-0.2, 0) is 11.2 Å². The first-order valence-electron chi connectivity index (χ1n) is 5.06. The molecule has 2 nitrogen and oxygen atoms in total. The molecular formula is C13H13NO. The van der Waals surface area contributed by atoms with Gasteiger partial charge in [0.05, 0.1) is 0 Å². The van der Waals surface area contributed by atoms with Gasteiger partial charge in [0.1, 0.15) is 0 Å². The monoisotopic (exact) mass is 199 g/mol. The maximum atomic E-state index is 11.7. The second-order valence-corrected chi connectivity index (χ2v) is 3.75. The topological polar surface area (TPSA) is 30.0 Å². The fourth-order valence-corrected chi connectivity index (χ4v) is 1.74. The van der Waals surface area contributed by atoms with Gasteiger partial charge in [-0.1, -0.05) is 23.8 Å². The van der Waals surface area contributed by atoms with Crippen molar-refractivity contribution in [2.75, 3.05) is 0 Å². The molecule has 1 heterocycles. The van der Waals surface area contributed by atoms with Gasteiger partial charge in [0.25, 0.3) is 0 Å². The van der Waals surface area contributed by atoms with Crippen LogP contribution in [0.2, 0.25) is 0 Å². The molecule has 0 saturated carbocycles. The third kappa shape index (κ3) is 2.21. The van der Waals surface area contributed by atoms with Gasteiger partial charge >= 0.3 is 0 Å². The van der Waals surface area contributed by atoms with Crippen LogP contribution in [0.15, 0.2) is 48.2 Å². The van der Waals surface area contributed by atoms with Crippen molar-refractivity contribution in [1.82, 2.24) is 4.98 Å². The molecule has 0 bridgehead atoms. The van der Waals surface area contributed by atoms with E-state index in [1.807, 2.05) is 37.3 Å². The highest BCUT2D eigenvalue weighted by Crippen LogP contribution is 2.20. The highest BCUT2D eigenvalue weighted by molar-refractivity contribution is 5.95. The van der Waals surface area contributed by atoms with Crippen LogP contribution < -0.4 is 0 Å². The van der Waals surface area contributed by atoms with Gasteiger partial charge in [-0.05, 0) is 25.1 Å². The van der Waals surface area contributed by atoms with Gasteiger partial charge in [0, 0.05) is 24.2 Å². The number of ketones is 1. The highest BCUT2D eigenvalue weighted by Gasteiger charge is 2.20. The molecule has 0 saturated heterocycles. The molecule has 1 aliphatic rings. The SMILES string of the molecule is CC1=CC=CC(=O)C1Cc1ccccn1. The van der Waals surface area contributed by atoms with Crippen LogP contribution in [0.25, 0.3) is 0 Å². The quantitative estimate of drug-likeness (QED) is 0.731. The van der Waals surface area contributed by atoms with E-state index in [-0.39, 0.29) is 11.7 Å². The van der Waals surface area contributed by atoms with E-state index in [0.717, 1.165) is 11.3 Å². The van der Waals surface area contributed by atoms with E-state index in [1.165, 1.54) is 0 Å². The first kappa shape index (κ1) is 9.84. The minimum absolute atomic E-state index is 0.0232. The summed E-state index contributed by atoms with van der Waals surface area (Å²) in [5.41, 5.74) is 2.09. The van der Waals surface area contributed by atoms with Crippen molar-refractivity contribution in [2.45, 2.75) is 13.3 Å². The average molecular weight is 199 g/mol. The number of pyridine rings is 1. The Kier molecular flexibility index (Phi) is 2.77. The summed E-state index contributed by atoms with van der Waals surface area (Å²) in [5.74, 6) is 0.158. The van der Waals surface area contributed by atoms with Crippen LogP contribution in [0.3, 0.4) is 0 Å². The summed E-state index contributed by atoms with van der Waals surface area (Å²) < 4.78 is 0. The molecule has 0 radical (unpaired) electrons. The van der Waals surface area contributed by atoms with E-state index in [1.54, 1.807) is 12.3 Å². The lowest BCUT2D eigenvalue weighted by atomic mass is 9.87. The fraction of sp³-hybridized carbons (Fsp3) is 0.231. The van der Waals surface area contributed by atoms with E-state index < -0.39 is 0 Å².